The number of rotatable bonds is 1. The van der Waals surface area contributed by atoms with E-state index in [-0.39, 0.29) is 11.3 Å². The van der Waals surface area contributed by atoms with Crippen molar-refractivity contribution in [3.63, 3.8) is 0 Å². The number of anilines is 1. The Kier molecular flexibility index (Phi) is 2.48. The number of quaternary nitrogens is 1. The predicted octanol–water partition coefficient (Wildman–Crippen LogP) is 1.15. The highest BCUT2D eigenvalue weighted by Gasteiger charge is 2.64. The van der Waals surface area contributed by atoms with Crippen LogP contribution in [0.5, 0.6) is 5.75 Å². The van der Waals surface area contributed by atoms with E-state index < -0.39 is 0 Å². The van der Waals surface area contributed by atoms with Crippen LogP contribution >= 0.6 is 0 Å². The van der Waals surface area contributed by atoms with E-state index in [1.165, 1.54) is 11.1 Å². The Balaban J connectivity index is 1.84. The largest absolute Gasteiger partial charge is 0.506 e. The Bertz CT molecular complexity index is 795. The van der Waals surface area contributed by atoms with Crippen molar-refractivity contribution in [3.05, 3.63) is 46.7 Å². The van der Waals surface area contributed by atoms with Crippen LogP contribution in [-0.4, -0.2) is 30.5 Å². The Morgan fingerprint density at radius 2 is 2.30 bits per heavy atom. The van der Waals surface area contributed by atoms with E-state index >= 15 is 0 Å². The summed E-state index contributed by atoms with van der Waals surface area (Å²) in [6, 6.07) is 6.29. The van der Waals surface area contributed by atoms with Crippen LogP contribution in [0.15, 0.2) is 41.1 Å². The van der Waals surface area contributed by atoms with Gasteiger partial charge in [0.05, 0.1) is 24.2 Å². The molecule has 4 heteroatoms. The molecule has 3 aliphatic heterocycles. The molecular weight excluding hydrogens is 288 g/mol. The number of aldehydes is 1. The van der Waals surface area contributed by atoms with E-state index in [4.69, 9.17) is 0 Å². The number of benzene rings is 1. The van der Waals surface area contributed by atoms with E-state index in [0.717, 1.165) is 49.2 Å². The van der Waals surface area contributed by atoms with Crippen molar-refractivity contribution in [2.45, 2.75) is 31.2 Å². The first-order chi connectivity index (χ1) is 11.2. The number of aromatic hydroxyl groups is 1. The highest BCUT2D eigenvalue weighted by molar-refractivity contribution is 5.85. The summed E-state index contributed by atoms with van der Waals surface area (Å²) >= 11 is 0. The van der Waals surface area contributed by atoms with Gasteiger partial charge in [-0.25, -0.2) is 0 Å². The lowest BCUT2D eigenvalue weighted by molar-refractivity contribution is -0.914. The Hall–Kier alpha value is -2.07. The number of carbonyl (C=O) groups excluding carboxylic acids is 1. The maximum Gasteiger partial charge on any atom is 0.148 e. The maximum absolute atomic E-state index is 12.0. The minimum absolute atomic E-state index is 0.102. The van der Waals surface area contributed by atoms with Crippen LogP contribution in [0.4, 0.5) is 5.69 Å². The van der Waals surface area contributed by atoms with E-state index in [0.29, 0.717) is 11.8 Å². The third-order valence-electron chi connectivity index (χ3n) is 6.66. The van der Waals surface area contributed by atoms with Crippen LogP contribution < -0.4 is 10.2 Å². The van der Waals surface area contributed by atoms with Crippen LogP contribution in [0, 0.1) is 5.92 Å². The number of hydrogen-bond donors (Lipinski definition) is 3. The predicted molar refractivity (Wildman–Crippen MR) is 87.5 cm³/mol. The van der Waals surface area contributed by atoms with Crippen molar-refractivity contribution in [1.82, 2.24) is 0 Å². The van der Waals surface area contributed by atoms with E-state index in [1.54, 1.807) is 11.0 Å². The third kappa shape index (κ3) is 1.39. The fourth-order valence-corrected chi connectivity index (χ4v) is 5.72. The molecule has 2 bridgehead atoms. The lowest BCUT2D eigenvalue weighted by Crippen LogP contribution is -3.16. The molecule has 23 heavy (non-hydrogen) atoms. The molecule has 3 N–H and O–H groups in total. The minimum Gasteiger partial charge on any atom is -0.506 e. The molecule has 0 radical (unpaired) electrons. The summed E-state index contributed by atoms with van der Waals surface area (Å²) in [5, 5.41) is 13.8. The number of nitrogens with one attached hydrogen (secondary N) is 2. The minimum atomic E-state index is -0.102. The molecule has 2 saturated heterocycles. The van der Waals surface area contributed by atoms with Crippen LogP contribution in [0.1, 0.15) is 25.3 Å². The number of hydrogen-bond acceptors (Lipinski definition) is 3. The van der Waals surface area contributed by atoms with Crippen molar-refractivity contribution in [1.29, 1.82) is 0 Å². The topological polar surface area (TPSA) is 53.8 Å². The normalized spacial score (nSPS) is 38.3. The summed E-state index contributed by atoms with van der Waals surface area (Å²) in [5.74, 6) is 0.537. The zero-order valence-electron chi connectivity index (χ0n) is 13.2. The first-order valence-electron chi connectivity index (χ1n) is 8.49. The molecule has 4 nitrogen and oxygen atoms in total. The molecule has 4 atom stereocenters. The standard InChI is InChI=1S/C19H20N2O2/c1-2-11-9-21-7-6-19-14-4-3-5-15(23)17(14)20-18(19)13(10-22)12(11)8-16(19)21/h2-5,10,12,16,20,23H,6-9H2,1H3/p+1/b11-2-/t12-,16-,19-/m0/s1. The summed E-state index contributed by atoms with van der Waals surface area (Å²) in [6.07, 6.45) is 5.35. The molecule has 2 fully saturated rings. The average molecular weight is 309 g/mol. The first kappa shape index (κ1) is 13.4. The van der Waals surface area contributed by atoms with Crippen molar-refractivity contribution in [2.75, 3.05) is 18.4 Å². The molecule has 118 valence electrons. The monoisotopic (exact) mass is 309 g/mol. The Labute approximate surface area is 135 Å². The van der Waals surface area contributed by atoms with Gasteiger partial charge in [0.25, 0.3) is 0 Å². The lowest BCUT2D eigenvalue weighted by Gasteiger charge is -2.45. The van der Waals surface area contributed by atoms with Crippen LogP contribution in [0.2, 0.25) is 0 Å². The van der Waals surface area contributed by atoms with Crippen molar-refractivity contribution < 1.29 is 14.8 Å². The molecule has 0 amide bonds. The molecule has 3 heterocycles. The number of allylic oxidation sites excluding steroid dienone is 2. The van der Waals surface area contributed by atoms with Gasteiger partial charge >= 0.3 is 0 Å². The number of para-hydroxylation sites is 1. The zero-order valence-corrected chi connectivity index (χ0v) is 13.2. The van der Waals surface area contributed by atoms with Crippen LogP contribution in [0.3, 0.4) is 0 Å². The number of fused-ring (bicyclic) bond motifs is 2. The van der Waals surface area contributed by atoms with Gasteiger partial charge in [0.1, 0.15) is 18.1 Å². The molecule has 1 spiro atoms. The molecule has 4 aliphatic rings. The van der Waals surface area contributed by atoms with Gasteiger partial charge in [-0.2, -0.15) is 0 Å². The quantitative estimate of drug-likeness (QED) is 0.414. The van der Waals surface area contributed by atoms with Gasteiger partial charge in [0, 0.05) is 30.0 Å². The van der Waals surface area contributed by atoms with E-state index in [9.17, 15) is 9.90 Å². The van der Waals surface area contributed by atoms with Crippen molar-refractivity contribution in [3.8, 4) is 5.75 Å². The summed E-state index contributed by atoms with van der Waals surface area (Å²) in [6.45, 7) is 4.26. The molecular formula is C19H21N2O2+. The van der Waals surface area contributed by atoms with Gasteiger partial charge in [0.2, 0.25) is 0 Å². The number of phenolic OH excluding ortho intramolecular Hbond substituents is 1. The second kappa shape index (κ2) is 4.26. The maximum atomic E-state index is 12.0. The van der Waals surface area contributed by atoms with Crippen molar-refractivity contribution >= 4 is 12.0 Å². The van der Waals surface area contributed by atoms with Gasteiger partial charge in [0.15, 0.2) is 0 Å². The molecule has 1 unspecified atom stereocenters. The van der Waals surface area contributed by atoms with E-state index in [2.05, 4.69) is 24.4 Å². The highest BCUT2D eigenvalue weighted by atomic mass is 16.3. The molecule has 0 aromatic heterocycles. The zero-order chi connectivity index (χ0) is 15.8. The molecule has 1 aliphatic carbocycles. The van der Waals surface area contributed by atoms with Gasteiger partial charge < -0.3 is 15.3 Å². The molecule has 1 aromatic carbocycles. The Morgan fingerprint density at radius 3 is 3.09 bits per heavy atom. The van der Waals surface area contributed by atoms with E-state index in [1.807, 2.05) is 6.07 Å². The van der Waals surface area contributed by atoms with Gasteiger partial charge in [-0.3, -0.25) is 4.79 Å². The summed E-state index contributed by atoms with van der Waals surface area (Å²) in [7, 11) is 0. The highest BCUT2D eigenvalue weighted by Crippen LogP contribution is 2.58. The molecule has 0 saturated carbocycles. The second-order valence-corrected chi connectivity index (χ2v) is 7.28. The third-order valence-corrected chi connectivity index (χ3v) is 6.66. The van der Waals surface area contributed by atoms with Crippen molar-refractivity contribution in [2.24, 2.45) is 5.92 Å². The summed E-state index contributed by atoms with van der Waals surface area (Å²) < 4.78 is 0. The fourth-order valence-electron chi connectivity index (χ4n) is 5.72. The average Bonchev–Trinajstić information content (AvgIpc) is 3.12. The van der Waals surface area contributed by atoms with Gasteiger partial charge in [-0.1, -0.05) is 18.2 Å². The lowest BCUT2D eigenvalue weighted by atomic mass is 9.62. The second-order valence-electron chi connectivity index (χ2n) is 7.28. The summed E-state index contributed by atoms with van der Waals surface area (Å²) in [5.41, 5.74) is 5.27. The Morgan fingerprint density at radius 1 is 1.43 bits per heavy atom. The molecule has 1 aromatic rings. The number of carbonyl (C=O) groups is 1. The van der Waals surface area contributed by atoms with Gasteiger partial charge in [-0.15, -0.1) is 0 Å². The molecule has 5 rings (SSSR count). The first-order valence-corrected chi connectivity index (χ1v) is 8.49. The summed E-state index contributed by atoms with van der Waals surface area (Å²) in [4.78, 5) is 13.6. The van der Waals surface area contributed by atoms with Crippen LogP contribution in [-0.2, 0) is 10.2 Å². The smallest absolute Gasteiger partial charge is 0.148 e. The number of phenols is 1. The van der Waals surface area contributed by atoms with Crippen LogP contribution in [0.25, 0.3) is 0 Å². The SMILES string of the molecule is C/C=C1/C[NH+]2CC[C@@]34C(=C(C=O)[C@H]1C[C@H]23)Nc1c(O)cccc14. The fraction of sp³-hybridized carbons (Fsp3) is 0.421. The van der Waals surface area contributed by atoms with Gasteiger partial charge in [-0.05, 0) is 24.1 Å². The number of piperidine rings is 1.